The molecule has 0 aliphatic carbocycles. The topological polar surface area (TPSA) is 30.5 Å². The van der Waals surface area contributed by atoms with E-state index in [-0.39, 0.29) is 0 Å². The first-order chi connectivity index (χ1) is 14.1. The van der Waals surface area contributed by atoms with Gasteiger partial charge in [0.1, 0.15) is 6.61 Å². The van der Waals surface area contributed by atoms with E-state index < -0.39 is 0 Å². The van der Waals surface area contributed by atoms with Crippen LogP contribution in [-0.4, -0.2) is 13.2 Å². The second kappa shape index (κ2) is 13.7. The van der Waals surface area contributed by atoms with Crippen LogP contribution in [0.5, 0.6) is 11.5 Å². The number of benzene rings is 2. The molecule has 0 radical (unpaired) electrons. The standard InChI is InChI=1S/C24H33Cl2NO2/c1-3-5-6-7-8-9-14-27-17-20-15-23(28-4-2)24(16-22(20)26)29-18-19-10-12-21(25)13-11-19/h10-13,15-16,27H,3-9,14,17-18H2,1-2H3. The molecule has 3 nitrogen and oxygen atoms in total. The van der Waals surface area contributed by atoms with Crippen LogP contribution in [0.1, 0.15) is 63.5 Å². The first-order valence-electron chi connectivity index (χ1n) is 10.7. The van der Waals surface area contributed by atoms with E-state index >= 15 is 0 Å². The quantitative estimate of drug-likeness (QED) is 0.311. The molecule has 29 heavy (non-hydrogen) atoms. The van der Waals surface area contributed by atoms with Crippen molar-refractivity contribution in [1.82, 2.24) is 5.32 Å². The number of halogens is 2. The number of hydrogen-bond donors (Lipinski definition) is 1. The van der Waals surface area contributed by atoms with Gasteiger partial charge >= 0.3 is 0 Å². The van der Waals surface area contributed by atoms with Crippen LogP contribution in [0.25, 0.3) is 0 Å². The molecule has 2 aromatic carbocycles. The van der Waals surface area contributed by atoms with Crippen molar-refractivity contribution in [2.45, 2.75) is 65.5 Å². The molecule has 5 heteroatoms. The van der Waals surface area contributed by atoms with E-state index in [1.165, 1.54) is 38.5 Å². The van der Waals surface area contributed by atoms with E-state index in [9.17, 15) is 0 Å². The molecule has 2 aromatic rings. The third-order valence-corrected chi connectivity index (χ3v) is 5.35. The SMILES string of the molecule is CCCCCCCCNCc1cc(OCC)c(OCc2ccc(Cl)cc2)cc1Cl. The molecule has 0 saturated carbocycles. The lowest BCUT2D eigenvalue weighted by Crippen LogP contribution is -2.15. The van der Waals surface area contributed by atoms with E-state index in [0.717, 1.165) is 30.0 Å². The highest BCUT2D eigenvalue weighted by atomic mass is 35.5. The molecule has 1 N–H and O–H groups in total. The molecule has 0 heterocycles. The summed E-state index contributed by atoms with van der Waals surface area (Å²) in [6.07, 6.45) is 7.78. The van der Waals surface area contributed by atoms with Gasteiger partial charge in [0.15, 0.2) is 11.5 Å². The van der Waals surface area contributed by atoms with Gasteiger partial charge in [-0.15, -0.1) is 0 Å². The highest BCUT2D eigenvalue weighted by molar-refractivity contribution is 6.31. The van der Waals surface area contributed by atoms with Gasteiger partial charge in [-0.3, -0.25) is 0 Å². The van der Waals surface area contributed by atoms with Crippen molar-refractivity contribution >= 4 is 23.2 Å². The Morgan fingerprint density at radius 2 is 1.52 bits per heavy atom. The normalized spacial score (nSPS) is 10.9. The van der Waals surface area contributed by atoms with Gasteiger partial charge in [-0.1, -0.05) is 74.4 Å². The number of hydrogen-bond acceptors (Lipinski definition) is 3. The highest BCUT2D eigenvalue weighted by Gasteiger charge is 2.11. The van der Waals surface area contributed by atoms with E-state index in [1.807, 2.05) is 43.3 Å². The van der Waals surface area contributed by atoms with E-state index in [1.54, 1.807) is 0 Å². The van der Waals surface area contributed by atoms with Gasteiger partial charge in [-0.05, 0) is 49.2 Å². The number of unbranched alkanes of at least 4 members (excludes halogenated alkanes) is 5. The molecule has 0 saturated heterocycles. The minimum absolute atomic E-state index is 0.434. The van der Waals surface area contributed by atoms with E-state index in [4.69, 9.17) is 32.7 Å². The Morgan fingerprint density at radius 1 is 0.828 bits per heavy atom. The third-order valence-electron chi connectivity index (χ3n) is 4.74. The lowest BCUT2D eigenvalue weighted by Gasteiger charge is -2.15. The summed E-state index contributed by atoms with van der Waals surface area (Å²) in [6, 6.07) is 11.4. The Kier molecular flexibility index (Phi) is 11.3. The maximum atomic E-state index is 6.51. The molecule has 0 amide bonds. The van der Waals surface area contributed by atoms with Gasteiger partial charge in [-0.25, -0.2) is 0 Å². The molecular weight excluding hydrogens is 405 g/mol. The number of rotatable bonds is 14. The first-order valence-corrected chi connectivity index (χ1v) is 11.4. The fourth-order valence-electron chi connectivity index (χ4n) is 3.09. The lowest BCUT2D eigenvalue weighted by molar-refractivity contribution is 0.269. The summed E-state index contributed by atoms with van der Waals surface area (Å²) in [4.78, 5) is 0. The van der Waals surface area contributed by atoms with Crippen molar-refractivity contribution in [3.05, 3.63) is 57.6 Å². The number of ether oxygens (including phenoxy) is 2. The van der Waals surface area contributed by atoms with E-state index in [0.29, 0.717) is 29.0 Å². The van der Waals surface area contributed by atoms with Crippen LogP contribution in [-0.2, 0) is 13.2 Å². The van der Waals surface area contributed by atoms with Crippen molar-refractivity contribution < 1.29 is 9.47 Å². The molecule has 0 aromatic heterocycles. The Bertz CT molecular complexity index is 720. The van der Waals surface area contributed by atoms with Crippen molar-refractivity contribution in [3.63, 3.8) is 0 Å². The molecule has 0 unspecified atom stereocenters. The van der Waals surface area contributed by atoms with Crippen LogP contribution in [0, 0.1) is 0 Å². The van der Waals surface area contributed by atoms with Gasteiger partial charge in [0, 0.05) is 22.7 Å². The summed E-state index contributed by atoms with van der Waals surface area (Å²) in [7, 11) is 0. The molecule has 0 aliphatic heterocycles. The van der Waals surface area contributed by atoms with Crippen molar-refractivity contribution in [3.8, 4) is 11.5 Å². The Labute approximate surface area is 185 Å². The fourth-order valence-corrected chi connectivity index (χ4v) is 3.44. The second-order valence-electron chi connectivity index (χ2n) is 7.18. The van der Waals surface area contributed by atoms with Gasteiger partial charge in [0.25, 0.3) is 0 Å². The van der Waals surface area contributed by atoms with Gasteiger partial charge < -0.3 is 14.8 Å². The predicted octanol–water partition coefficient (Wildman–Crippen LogP) is 7.42. The summed E-state index contributed by atoms with van der Waals surface area (Å²) in [5.41, 5.74) is 2.07. The third kappa shape index (κ3) is 8.86. The van der Waals surface area contributed by atoms with Gasteiger partial charge in [-0.2, -0.15) is 0 Å². The van der Waals surface area contributed by atoms with E-state index in [2.05, 4.69) is 12.2 Å². The van der Waals surface area contributed by atoms with Crippen LogP contribution in [0.4, 0.5) is 0 Å². The zero-order valence-electron chi connectivity index (χ0n) is 17.6. The molecule has 0 atom stereocenters. The smallest absolute Gasteiger partial charge is 0.163 e. The highest BCUT2D eigenvalue weighted by Crippen LogP contribution is 2.34. The molecule has 0 bridgehead atoms. The van der Waals surface area contributed by atoms with Crippen LogP contribution >= 0.6 is 23.2 Å². The van der Waals surface area contributed by atoms with Crippen LogP contribution in [0.15, 0.2) is 36.4 Å². The maximum Gasteiger partial charge on any atom is 0.163 e. The Morgan fingerprint density at radius 3 is 2.24 bits per heavy atom. The first kappa shape index (κ1) is 23.9. The van der Waals surface area contributed by atoms with Crippen LogP contribution in [0.3, 0.4) is 0 Å². The van der Waals surface area contributed by atoms with Crippen LogP contribution < -0.4 is 14.8 Å². The van der Waals surface area contributed by atoms with Crippen LogP contribution in [0.2, 0.25) is 10.0 Å². The summed E-state index contributed by atoms with van der Waals surface area (Å²) in [6.45, 7) is 6.95. The summed E-state index contributed by atoms with van der Waals surface area (Å²) >= 11 is 12.4. The summed E-state index contributed by atoms with van der Waals surface area (Å²) < 4.78 is 11.8. The monoisotopic (exact) mass is 437 g/mol. The lowest BCUT2D eigenvalue weighted by atomic mass is 10.1. The van der Waals surface area contributed by atoms with Crippen molar-refractivity contribution in [2.24, 2.45) is 0 Å². The fraction of sp³-hybridized carbons (Fsp3) is 0.500. The summed E-state index contributed by atoms with van der Waals surface area (Å²) in [5, 5.41) is 4.89. The van der Waals surface area contributed by atoms with Crippen molar-refractivity contribution in [2.75, 3.05) is 13.2 Å². The minimum atomic E-state index is 0.434. The number of nitrogens with one attached hydrogen (secondary N) is 1. The molecule has 0 aliphatic rings. The maximum absolute atomic E-state index is 6.51. The van der Waals surface area contributed by atoms with Crippen molar-refractivity contribution in [1.29, 1.82) is 0 Å². The second-order valence-corrected chi connectivity index (χ2v) is 8.03. The molecular formula is C24H33Cl2NO2. The average Bonchev–Trinajstić information content (AvgIpc) is 2.72. The Hall–Kier alpha value is -1.42. The average molecular weight is 438 g/mol. The molecule has 2 rings (SSSR count). The predicted molar refractivity (Wildman–Crippen MR) is 123 cm³/mol. The minimum Gasteiger partial charge on any atom is -0.490 e. The molecule has 0 spiro atoms. The zero-order chi connectivity index (χ0) is 20.9. The molecule has 0 fully saturated rings. The largest absolute Gasteiger partial charge is 0.490 e. The Balaban J connectivity index is 1.88. The summed E-state index contributed by atoms with van der Waals surface area (Å²) in [5.74, 6) is 1.38. The van der Waals surface area contributed by atoms with Gasteiger partial charge in [0.05, 0.1) is 6.61 Å². The molecule has 160 valence electrons. The van der Waals surface area contributed by atoms with Gasteiger partial charge in [0.2, 0.25) is 0 Å². The zero-order valence-corrected chi connectivity index (χ0v) is 19.1.